The van der Waals surface area contributed by atoms with Gasteiger partial charge in [-0.15, -0.1) is 0 Å². The first kappa shape index (κ1) is 7.88. The molecule has 0 unspecified atom stereocenters. The predicted octanol–water partition coefficient (Wildman–Crippen LogP) is 1.35. The van der Waals surface area contributed by atoms with Crippen LogP contribution in [0.25, 0.3) is 0 Å². The lowest BCUT2D eigenvalue weighted by atomic mass is 10.2. The van der Waals surface area contributed by atoms with Crippen molar-refractivity contribution in [3.05, 3.63) is 35.9 Å². The van der Waals surface area contributed by atoms with Gasteiger partial charge in [-0.3, -0.25) is 0 Å². The van der Waals surface area contributed by atoms with Crippen LogP contribution >= 0.6 is 12.2 Å². The summed E-state index contributed by atoms with van der Waals surface area (Å²) in [5, 5.41) is 3.35. The molecule has 1 aromatic rings. The van der Waals surface area contributed by atoms with Gasteiger partial charge in [-0.1, -0.05) is 42.5 Å². The Kier molecular flexibility index (Phi) is 2.74. The molecular formula is C8H8N2S. The van der Waals surface area contributed by atoms with E-state index >= 15 is 0 Å². The molecule has 56 valence electrons. The molecule has 0 atom stereocenters. The molecule has 0 aliphatic heterocycles. The SMILES string of the molecule is NN=CC(=S)c1ccccc1. The van der Waals surface area contributed by atoms with Gasteiger partial charge in [0, 0.05) is 0 Å². The van der Waals surface area contributed by atoms with Crippen LogP contribution < -0.4 is 5.84 Å². The normalized spacial score (nSPS) is 10.2. The Labute approximate surface area is 70.7 Å². The average molecular weight is 164 g/mol. The van der Waals surface area contributed by atoms with Gasteiger partial charge in [0.25, 0.3) is 0 Å². The van der Waals surface area contributed by atoms with E-state index in [1.165, 1.54) is 6.21 Å². The first-order valence-corrected chi connectivity index (χ1v) is 3.58. The minimum Gasteiger partial charge on any atom is -0.323 e. The van der Waals surface area contributed by atoms with Gasteiger partial charge < -0.3 is 5.84 Å². The van der Waals surface area contributed by atoms with E-state index in [1.807, 2.05) is 30.3 Å². The quantitative estimate of drug-likeness (QED) is 0.235. The first-order valence-electron chi connectivity index (χ1n) is 3.17. The second kappa shape index (κ2) is 3.83. The molecule has 0 heterocycles. The molecule has 0 spiro atoms. The molecule has 11 heavy (non-hydrogen) atoms. The van der Waals surface area contributed by atoms with Crippen molar-refractivity contribution in [2.45, 2.75) is 0 Å². The van der Waals surface area contributed by atoms with Gasteiger partial charge in [0.1, 0.15) is 0 Å². The summed E-state index contributed by atoms with van der Waals surface area (Å²) in [7, 11) is 0. The second-order valence-electron chi connectivity index (χ2n) is 2.01. The molecule has 2 N–H and O–H groups in total. The van der Waals surface area contributed by atoms with Crippen molar-refractivity contribution in [2.75, 3.05) is 0 Å². The smallest absolute Gasteiger partial charge is 0.0652 e. The van der Waals surface area contributed by atoms with Gasteiger partial charge in [-0.25, -0.2) is 0 Å². The third-order valence-corrected chi connectivity index (χ3v) is 1.59. The predicted molar refractivity (Wildman–Crippen MR) is 50.8 cm³/mol. The Balaban J connectivity index is 2.86. The van der Waals surface area contributed by atoms with E-state index in [-0.39, 0.29) is 0 Å². The molecular weight excluding hydrogens is 156 g/mol. The summed E-state index contributed by atoms with van der Waals surface area (Å²) in [6, 6.07) is 9.62. The number of hydrazone groups is 1. The maximum atomic E-state index is 4.99. The molecule has 0 saturated carbocycles. The molecule has 2 nitrogen and oxygen atoms in total. The highest BCUT2D eigenvalue weighted by Crippen LogP contribution is 1.98. The van der Waals surface area contributed by atoms with Crippen LogP contribution in [-0.2, 0) is 0 Å². The fraction of sp³-hybridized carbons (Fsp3) is 0. The third-order valence-electron chi connectivity index (χ3n) is 1.25. The number of benzene rings is 1. The molecule has 0 radical (unpaired) electrons. The summed E-state index contributed by atoms with van der Waals surface area (Å²) in [4.78, 5) is 0.660. The lowest BCUT2D eigenvalue weighted by Gasteiger charge is -1.94. The van der Waals surface area contributed by atoms with Gasteiger partial charge in [-0.05, 0) is 5.56 Å². The van der Waals surface area contributed by atoms with Crippen molar-refractivity contribution in [3.8, 4) is 0 Å². The molecule has 0 aromatic heterocycles. The van der Waals surface area contributed by atoms with Crippen molar-refractivity contribution in [3.63, 3.8) is 0 Å². The highest BCUT2D eigenvalue weighted by atomic mass is 32.1. The Morgan fingerprint density at radius 2 is 2.00 bits per heavy atom. The molecule has 0 bridgehead atoms. The van der Waals surface area contributed by atoms with E-state index in [2.05, 4.69) is 5.10 Å². The van der Waals surface area contributed by atoms with Crippen LogP contribution in [0.5, 0.6) is 0 Å². The highest BCUT2D eigenvalue weighted by Gasteiger charge is 1.93. The van der Waals surface area contributed by atoms with Crippen molar-refractivity contribution < 1.29 is 0 Å². The lowest BCUT2D eigenvalue weighted by molar-refractivity contribution is 1.27. The van der Waals surface area contributed by atoms with Crippen molar-refractivity contribution in [2.24, 2.45) is 10.9 Å². The zero-order valence-corrected chi connectivity index (χ0v) is 6.71. The van der Waals surface area contributed by atoms with Crippen LogP contribution in [0.15, 0.2) is 35.4 Å². The van der Waals surface area contributed by atoms with Gasteiger partial charge >= 0.3 is 0 Å². The van der Waals surface area contributed by atoms with E-state index in [1.54, 1.807) is 0 Å². The molecule has 0 aliphatic rings. The Morgan fingerprint density at radius 3 is 2.55 bits per heavy atom. The minimum absolute atomic E-state index is 0.660. The Hall–Kier alpha value is -1.22. The number of nitrogens with two attached hydrogens (primary N) is 1. The summed E-state index contributed by atoms with van der Waals surface area (Å²) in [6.07, 6.45) is 1.46. The zero-order chi connectivity index (χ0) is 8.10. The summed E-state index contributed by atoms with van der Waals surface area (Å²) in [5.41, 5.74) is 0.969. The molecule has 1 rings (SSSR count). The van der Waals surface area contributed by atoms with E-state index in [9.17, 15) is 0 Å². The van der Waals surface area contributed by atoms with E-state index < -0.39 is 0 Å². The fourth-order valence-electron chi connectivity index (χ4n) is 0.745. The van der Waals surface area contributed by atoms with Crippen LogP contribution in [-0.4, -0.2) is 11.1 Å². The van der Waals surface area contributed by atoms with Crippen LogP contribution in [0, 0.1) is 0 Å². The number of nitrogens with zero attached hydrogens (tertiary/aromatic N) is 1. The van der Waals surface area contributed by atoms with Crippen molar-refractivity contribution >= 4 is 23.3 Å². The van der Waals surface area contributed by atoms with E-state index in [0.717, 1.165) is 5.56 Å². The molecule has 0 aliphatic carbocycles. The molecule has 0 fully saturated rings. The van der Waals surface area contributed by atoms with Crippen LogP contribution in [0.1, 0.15) is 5.56 Å². The van der Waals surface area contributed by atoms with Crippen molar-refractivity contribution in [1.29, 1.82) is 0 Å². The molecule has 0 saturated heterocycles. The number of rotatable bonds is 2. The van der Waals surface area contributed by atoms with Crippen molar-refractivity contribution in [1.82, 2.24) is 0 Å². The van der Waals surface area contributed by atoms with Gasteiger partial charge in [0.05, 0.1) is 11.1 Å². The second-order valence-corrected chi connectivity index (χ2v) is 2.45. The summed E-state index contributed by atoms with van der Waals surface area (Å²) >= 11 is 4.99. The van der Waals surface area contributed by atoms with Crippen LogP contribution in [0.4, 0.5) is 0 Å². The monoisotopic (exact) mass is 164 g/mol. The van der Waals surface area contributed by atoms with Crippen LogP contribution in [0.2, 0.25) is 0 Å². The van der Waals surface area contributed by atoms with Gasteiger partial charge in [0.15, 0.2) is 0 Å². The average Bonchev–Trinajstić information content (AvgIpc) is 2.07. The fourth-order valence-corrected chi connectivity index (χ4v) is 0.942. The van der Waals surface area contributed by atoms with E-state index in [0.29, 0.717) is 4.86 Å². The van der Waals surface area contributed by atoms with E-state index in [4.69, 9.17) is 18.1 Å². The summed E-state index contributed by atoms with van der Waals surface area (Å²) in [5.74, 6) is 4.95. The largest absolute Gasteiger partial charge is 0.323 e. The Bertz CT molecular complexity index is 267. The summed E-state index contributed by atoms with van der Waals surface area (Å²) in [6.45, 7) is 0. The summed E-state index contributed by atoms with van der Waals surface area (Å²) < 4.78 is 0. The number of thiocarbonyl (C=S) groups is 1. The Morgan fingerprint density at radius 1 is 1.36 bits per heavy atom. The molecule has 1 aromatic carbocycles. The van der Waals surface area contributed by atoms with Crippen LogP contribution in [0.3, 0.4) is 0 Å². The lowest BCUT2D eigenvalue weighted by Crippen LogP contribution is -1.99. The standard InChI is InChI=1S/C8H8N2S/c9-10-6-8(11)7-4-2-1-3-5-7/h1-6H,9H2. The zero-order valence-electron chi connectivity index (χ0n) is 5.90. The van der Waals surface area contributed by atoms with Gasteiger partial charge in [-0.2, -0.15) is 5.10 Å². The maximum absolute atomic E-state index is 4.99. The highest BCUT2D eigenvalue weighted by molar-refractivity contribution is 7.82. The van der Waals surface area contributed by atoms with Gasteiger partial charge in [0.2, 0.25) is 0 Å². The number of hydrogen-bond acceptors (Lipinski definition) is 3. The minimum atomic E-state index is 0.660. The molecule has 0 amide bonds. The molecule has 3 heteroatoms. The maximum Gasteiger partial charge on any atom is 0.0652 e. The third kappa shape index (κ3) is 2.13. The number of hydrogen-bond donors (Lipinski definition) is 1. The first-order chi connectivity index (χ1) is 5.34. The topological polar surface area (TPSA) is 38.4 Å².